The molecule has 0 radical (unpaired) electrons. The molecular weight excluding hydrogens is 1120 g/mol. The molecule has 0 bridgehead atoms. The van der Waals surface area contributed by atoms with Gasteiger partial charge >= 0.3 is 7.12 Å². The highest BCUT2D eigenvalue weighted by molar-refractivity contribution is 9.10. The summed E-state index contributed by atoms with van der Waals surface area (Å²) in [6.45, 7) is 5.52. The van der Waals surface area contributed by atoms with Gasteiger partial charge in [-0.25, -0.2) is 34.9 Å². The Morgan fingerprint density at radius 2 is 1.13 bits per heavy atom. The second-order valence-corrected chi connectivity index (χ2v) is 20.9. The average molecular weight is 1170 g/mol. The molecule has 0 atom stereocenters. The molecule has 0 spiro atoms. The van der Waals surface area contributed by atoms with Crippen LogP contribution in [0.3, 0.4) is 0 Å². The summed E-state index contributed by atoms with van der Waals surface area (Å²) in [5.74, 6) is 0.485. The number of imidazole rings is 3. The minimum atomic E-state index is -1.74. The fourth-order valence-electron chi connectivity index (χ4n) is 9.81. The van der Waals surface area contributed by atoms with Crippen LogP contribution >= 0.6 is 15.9 Å². The van der Waals surface area contributed by atoms with Crippen molar-refractivity contribution in [2.45, 2.75) is 40.7 Å². The summed E-state index contributed by atoms with van der Waals surface area (Å²) in [4.78, 5) is 94.5. The Bertz CT molecular complexity index is 4460. The summed E-state index contributed by atoms with van der Waals surface area (Å²) in [6.07, 6.45) is 24.7. The van der Waals surface area contributed by atoms with Crippen LogP contribution in [0.1, 0.15) is 53.4 Å². The zero-order valence-electron chi connectivity index (χ0n) is 44.1. The third-order valence-corrected chi connectivity index (χ3v) is 14.1. The number of aryl methyl sites for hydroxylation is 3. The Balaban J connectivity index is 0.000000154. The fraction of sp³-hybridized carbons (Fsp3) is 0.200. The maximum atomic E-state index is 13.7. The first-order chi connectivity index (χ1) is 38.9. The van der Waals surface area contributed by atoms with Crippen molar-refractivity contribution in [1.29, 1.82) is 0 Å². The number of carbonyl (C=O) groups excluding carboxylic acids is 2. The van der Waals surface area contributed by atoms with E-state index in [9.17, 15) is 34.0 Å². The molecular formula is C55H54BBrN18O7. The molecule has 25 nitrogen and oxygen atoms in total. The Hall–Kier alpha value is -9.86. The molecule has 2 aliphatic rings. The largest absolute Gasteiger partial charge is 0.509 e. The molecule has 82 heavy (non-hydrogen) atoms. The van der Waals surface area contributed by atoms with Crippen LogP contribution in [0.25, 0.3) is 28.2 Å². The monoisotopic (exact) mass is 1170 g/mol. The quantitative estimate of drug-likeness (QED) is 0.0884. The Labute approximate surface area is 475 Å². The molecule has 0 unspecified atom stereocenters. The molecule has 12 heterocycles. The summed E-state index contributed by atoms with van der Waals surface area (Å²) in [6, 6.07) is 14.5. The molecule has 5 N–H and O–H groups in total. The molecule has 0 saturated heterocycles. The van der Waals surface area contributed by atoms with Gasteiger partial charge in [0.1, 0.15) is 33.1 Å². The second-order valence-electron chi connectivity index (χ2n) is 20.1. The molecule has 11 aromatic heterocycles. The van der Waals surface area contributed by atoms with E-state index < -0.39 is 7.12 Å². The van der Waals surface area contributed by atoms with Crippen molar-refractivity contribution >= 4 is 98.1 Å². The predicted octanol–water partition coefficient (Wildman–Crippen LogP) is 5.05. The van der Waals surface area contributed by atoms with Crippen LogP contribution in [0.4, 0.5) is 40.3 Å². The van der Waals surface area contributed by atoms with Gasteiger partial charge in [-0.1, -0.05) is 21.3 Å². The van der Waals surface area contributed by atoms with Gasteiger partial charge < -0.3 is 57.5 Å². The van der Waals surface area contributed by atoms with Crippen molar-refractivity contribution in [2.24, 2.45) is 26.6 Å². The summed E-state index contributed by atoms with van der Waals surface area (Å²) in [7, 11) is 3.07. The molecule has 27 heteroatoms. The van der Waals surface area contributed by atoms with Gasteiger partial charge in [0.15, 0.2) is 23.7 Å². The fourth-order valence-corrected chi connectivity index (χ4v) is 10.3. The van der Waals surface area contributed by atoms with E-state index in [1.54, 1.807) is 86.8 Å². The molecule has 1 aliphatic heterocycles. The minimum absolute atomic E-state index is 0. The number of rotatable bonds is 10. The van der Waals surface area contributed by atoms with Crippen molar-refractivity contribution in [1.82, 2.24) is 66.4 Å². The number of nitrogens with one attached hydrogen (secondary N) is 3. The lowest BCUT2D eigenvalue weighted by atomic mass is 9.87. The van der Waals surface area contributed by atoms with E-state index in [2.05, 4.69) is 85.2 Å². The number of hydrogen-bond acceptors (Lipinski definition) is 17. The lowest BCUT2D eigenvalue weighted by Crippen LogP contribution is -2.41. The standard InChI is InChI=1S/C30H28N8O3.C12H12BN5O3.C12H10BrN5O.CH4/c1-30(2)14-18-12-23-28(40)38(11-10-37(23)24(18)15-30)27-21(17-39)20(4-6-32-27)22-16-35(3)29(41)26(34-22)33-19-5-8-36-9-7-31-25(36)13-19;1-17-7-9(13(20)21)16-11(12(17)19)15-8-2-4-18-5-3-14-10(18)6-8;1-17-7-9(13)16-11(12(17)19)15-8-2-4-18-5-3-14-10(18)6-8;/h4-9,12-13,16-17H,10-11,14-15H2,1-3H3,(H,33,34);2-7,20-21H,1H3,(H,15,16);2-7H,1H3,(H,15,16);1H4. The Kier molecular flexibility index (Phi) is 15.1. The number of nitrogens with zero attached hydrogens (tertiary/aromatic N) is 15. The van der Waals surface area contributed by atoms with Gasteiger partial charge in [-0.3, -0.25) is 28.9 Å². The summed E-state index contributed by atoms with van der Waals surface area (Å²) >= 11 is 3.27. The third kappa shape index (κ3) is 11.1. The van der Waals surface area contributed by atoms with Gasteiger partial charge in [0.2, 0.25) is 0 Å². The lowest BCUT2D eigenvalue weighted by molar-refractivity contribution is 0.0963. The molecule has 13 rings (SSSR count). The second kappa shape index (κ2) is 22.4. The first-order valence-electron chi connectivity index (χ1n) is 25.2. The summed E-state index contributed by atoms with van der Waals surface area (Å²) in [5.41, 5.74) is 7.76. The van der Waals surface area contributed by atoms with Gasteiger partial charge in [0.05, 0.1) is 16.9 Å². The van der Waals surface area contributed by atoms with Crippen LogP contribution in [0.2, 0.25) is 0 Å². The van der Waals surface area contributed by atoms with Crippen molar-refractivity contribution in [3.05, 3.63) is 187 Å². The van der Waals surface area contributed by atoms with E-state index in [0.29, 0.717) is 52.3 Å². The molecule has 1 amide bonds. The number of pyridine rings is 4. The molecule has 0 saturated carbocycles. The number of halogens is 1. The number of aldehydes is 1. The molecule has 416 valence electrons. The highest BCUT2D eigenvalue weighted by Gasteiger charge is 2.38. The topological polar surface area (TPSA) is 288 Å². The van der Waals surface area contributed by atoms with Gasteiger partial charge in [0.25, 0.3) is 22.6 Å². The smallest absolute Gasteiger partial charge is 0.422 e. The van der Waals surface area contributed by atoms with Crippen molar-refractivity contribution in [3.8, 4) is 11.3 Å². The zero-order valence-corrected chi connectivity index (χ0v) is 45.7. The van der Waals surface area contributed by atoms with Gasteiger partial charge in [-0.15, -0.1) is 0 Å². The van der Waals surface area contributed by atoms with Crippen LogP contribution in [0.5, 0.6) is 0 Å². The average Bonchev–Trinajstić information content (AvgIpc) is 3.99. The predicted molar refractivity (Wildman–Crippen MR) is 314 cm³/mol. The summed E-state index contributed by atoms with van der Waals surface area (Å²) in [5, 5.41) is 27.3. The van der Waals surface area contributed by atoms with E-state index >= 15 is 0 Å². The van der Waals surface area contributed by atoms with E-state index in [4.69, 9.17) is 0 Å². The maximum absolute atomic E-state index is 13.7. The first kappa shape index (κ1) is 55.5. The van der Waals surface area contributed by atoms with Gasteiger partial charge in [0, 0.05) is 161 Å². The van der Waals surface area contributed by atoms with Gasteiger partial charge in [-0.05, 0) is 70.1 Å². The van der Waals surface area contributed by atoms with Crippen LogP contribution in [-0.2, 0) is 40.5 Å². The zero-order chi connectivity index (χ0) is 56.9. The maximum Gasteiger partial charge on any atom is 0.509 e. The number of carbonyl (C=O) groups is 2. The molecule has 11 aromatic rings. The number of amides is 1. The van der Waals surface area contributed by atoms with Crippen LogP contribution in [0, 0.1) is 5.41 Å². The van der Waals surface area contributed by atoms with Crippen molar-refractivity contribution in [3.63, 3.8) is 0 Å². The van der Waals surface area contributed by atoms with E-state index in [0.717, 1.165) is 35.5 Å². The summed E-state index contributed by atoms with van der Waals surface area (Å²) < 4.78 is 12.4. The number of hydrogen-bond donors (Lipinski definition) is 5. The Morgan fingerprint density at radius 1 is 0.622 bits per heavy atom. The normalized spacial score (nSPS) is 13.1. The Morgan fingerprint density at radius 3 is 1.67 bits per heavy atom. The SMILES string of the molecule is C.Cn1cc(-c2ccnc(N3CCn4c(cc5c4CC(C)(C)C5)C3=O)c2C=O)nc(Nc2ccn3ccnc3c2)c1=O.Cn1cc(B(O)O)nc(Nc2ccn3ccnc3c2)c1=O.Cn1cc(Br)nc(Nc2ccn3ccnc3c2)c1=O. The minimum Gasteiger partial charge on any atom is -0.422 e. The highest BCUT2D eigenvalue weighted by atomic mass is 79.9. The molecule has 0 aromatic carbocycles. The number of aromatic nitrogens is 14. The third-order valence-electron chi connectivity index (χ3n) is 13.7. The number of anilines is 7. The van der Waals surface area contributed by atoms with Gasteiger partial charge in [-0.2, -0.15) is 0 Å². The van der Waals surface area contributed by atoms with E-state index in [-0.39, 0.29) is 69.9 Å². The van der Waals surface area contributed by atoms with Crippen LogP contribution in [0.15, 0.2) is 148 Å². The highest BCUT2D eigenvalue weighted by Crippen LogP contribution is 2.40. The van der Waals surface area contributed by atoms with E-state index in [1.165, 1.54) is 38.2 Å². The molecule has 0 fully saturated rings. The first-order valence-corrected chi connectivity index (χ1v) is 26.0. The van der Waals surface area contributed by atoms with E-state index in [1.807, 2.05) is 68.3 Å². The van der Waals surface area contributed by atoms with Crippen LogP contribution in [-0.4, -0.2) is 102 Å². The van der Waals surface area contributed by atoms with Crippen molar-refractivity contribution in [2.75, 3.05) is 27.4 Å². The lowest BCUT2D eigenvalue weighted by Gasteiger charge is -2.30. The van der Waals surface area contributed by atoms with Crippen molar-refractivity contribution < 1.29 is 19.6 Å². The van der Waals surface area contributed by atoms with Crippen LogP contribution < -0.4 is 43.1 Å². The number of fused-ring (bicyclic) bond motifs is 6. The molecule has 1 aliphatic carbocycles.